The van der Waals surface area contributed by atoms with Crippen LogP contribution in [-0.4, -0.2) is 62.0 Å². The van der Waals surface area contributed by atoms with Gasteiger partial charge in [0.1, 0.15) is 0 Å². The molecule has 0 unspecified atom stereocenters. The van der Waals surface area contributed by atoms with E-state index in [1.54, 1.807) is 0 Å². The van der Waals surface area contributed by atoms with Gasteiger partial charge in [0.05, 0.1) is 6.54 Å². The summed E-state index contributed by atoms with van der Waals surface area (Å²) >= 11 is 0. The first-order valence-corrected chi connectivity index (χ1v) is 7.43. The van der Waals surface area contributed by atoms with Crippen molar-refractivity contribution in [3.8, 4) is 0 Å². The Morgan fingerprint density at radius 1 is 1.28 bits per heavy atom. The Bertz CT molecular complexity index is 258. The van der Waals surface area contributed by atoms with Crippen LogP contribution in [0.25, 0.3) is 0 Å². The molecule has 4 heteroatoms. The van der Waals surface area contributed by atoms with E-state index in [9.17, 15) is 4.79 Å². The van der Waals surface area contributed by atoms with Crippen LogP contribution in [0.1, 0.15) is 32.1 Å². The van der Waals surface area contributed by atoms with Crippen LogP contribution in [0.4, 0.5) is 0 Å². The van der Waals surface area contributed by atoms with Gasteiger partial charge >= 0.3 is 0 Å². The summed E-state index contributed by atoms with van der Waals surface area (Å²) in [7, 11) is 2.08. The van der Waals surface area contributed by atoms with Crippen LogP contribution < -0.4 is 5.32 Å². The van der Waals surface area contributed by atoms with Gasteiger partial charge in [-0.05, 0) is 64.7 Å². The third-order valence-corrected chi connectivity index (χ3v) is 4.24. The molecule has 2 fully saturated rings. The first-order chi connectivity index (χ1) is 8.75. The second kappa shape index (κ2) is 7.10. The quantitative estimate of drug-likeness (QED) is 0.792. The third-order valence-electron chi connectivity index (χ3n) is 4.24. The minimum atomic E-state index is 0.320. The Kier molecular flexibility index (Phi) is 5.45. The number of carbonyl (C=O) groups is 1. The fourth-order valence-electron chi connectivity index (χ4n) is 2.95. The molecule has 0 radical (unpaired) electrons. The van der Waals surface area contributed by atoms with Gasteiger partial charge in [-0.15, -0.1) is 0 Å². The smallest absolute Gasteiger partial charge is 0.236 e. The van der Waals surface area contributed by atoms with Crippen LogP contribution in [-0.2, 0) is 4.79 Å². The second-order valence-corrected chi connectivity index (χ2v) is 5.81. The highest BCUT2D eigenvalue weighted by molar-refractivity contribution is 5.78. The molecule has 0 atom stereocenters. The summed E-state index contributed by atoms with van der Waals surface area (Å²) in [5.41, 5.74) is 0. The summed E-state index contributed by atoms with van der Waals surface area (Å²) in [4.78, 5) is 16.2. The highest BCUT2D eigenvalue weighted by Gasteiger charge is 2.19. The first kappa shape index (κ1) is 13.8. The van der Waals surface area contributed by atoms with Crippen LogP contribution in [0.3, 0.4) is 0 Å². The molecule has 0 spiro atoms. The average molecular weight is 253 g/mol. The number of amides is 1. The summed E-state index contributed by atoms with van der Waals surface area (Å²) < 4.78 is 0. The van der Waals surface area contributed by atoms with Gasteiger partial charge in [-0.2, -0.15) is 0 Å². The lowest BCUT2D eigenvalue weighted by Gasteiger charge is -2.26. The van der Waals surface area contributed by atoms with Crippen molar-refractivity contribution in [3.63, 3.8) is 0 Å². The topological polar surface area (TPSA) is 35.6 Å². The van der Waals surface area contributed by atoms with Crippen molar-refractivity contribution < 1.29 is 4.79 Å². The summed E-state index contributed by atoms with van der Waals surface area (Å²) in [5.74, 6) is 1.18. The SMILES string of the molecule is CN(CCC1CCNCC1)CC(=O)N1CCCC1. The van der Waals surface area contributed by atoms with E-state index < -0.39 is 0 Å². The predicted octanol–water partition coefficient (Wildman–Crippen LogP) is 0.930. The normalized spacial score (nSPS) is 21.8. The third kappa shape index (κ3) is 4.25. The number of likely N-dealkylation sites (tertiary alicyclic amines) is 1. The van der Waals surface area contributed by atoms with Gasteiger partial charge in [0, 0.05) is 13.1 Å². The number of likely N-dealkylation sites (N-methyl/N-ethyl adjacent to an activating group) is 1. The lowest BCUT2D eigenvalue weighted by molar-refractivity contribution is -0.131. The van der Waals surface area contributed by atoms with Crippen molar-refractivity contribution in [1.82, 2.24) is 15.1 Å². The lowest BCUT2D eigenvalue weighted by atomic mass is 9.94. The highest BCUT2D eigenvalue weighted by atomic mass is 16.2. The maximum atomic E-state index is 12.0. The summed E-state index contributed by atoms with van der Waals surface area (Å²) in [5, 5.41) is 3.40. The summed E-state index contributed by atoms with van der Waals surface area (Å²) in [6.45, 7) is 5.94. The number of rotatable bonds is 5. The lowest BCUT2D eigenvalue weighted by Crippen LogP contribution is -2.38. The molecule has 1 amide bonds. The van der Waals surface area contributed by atoms with Crippen LogP contribution in [0.15, 0.2) is 0 Å². The van der Waals surface area contributed by atoms with Crippen molar-refractivity contribution in [1.29, 1.82) is 0 Å². The zero-order chi connectivity index (χ0) is 12.8. The molecular formula is C14H27N3O. The van der Waals surface area contributed by atoms with E-state index in [1.807, 2.05) is 4.90 Å². The molecule has 0 aromatic carbocycles. The van der Waals surface area contributed by atoms with Gasteiger partial charge in [-0.25, -0.2) is 0 Å². The van der Waals surface area contributed by atoms with E-state index in [1.165, 1.54) is 45.2 Å². The summed E-state index contributed by atoms with van der Waals surface area (Å²) in [6, 6.07) is 0. The van der Waals surface area contributed by atoms with Crippen molar-refractivity contribution in [2.45, 2.75) is 32.1 Å². The molecule has 0 saturated carbocycles. The summed E-state index contributed by atoms with van der Waals surface area (Å²) in [6.07, 6.45) is 6.21. The maximum Gasteiger partial charge on any atom is 0.236 e. The van der Waals surface area contributed by atoms with E-state index in [4.69, 9.17) is 0 Å². The fourth-order valence-corrected chi connectivity index (χ4v) is 2.95. The van der Waals surface area contributed by atoms with Crippen molar-refractivity contribution in [2.75, 3.05) is 46.3 Å². The molecule has 2 saturated heterocycles. The molecule has 0 bridgehead atoms. The van der Waals surface area contributed by atoms with Crippen LogP contribution >= 0.6 is 0 Å². The van der Waals surface area contributed by atoms with Crippen LogP contribution in [0.5, 0.6) is 0 Å². The van der Waals surface area contributed by atoms with Crippen molar-refractivity contribution in [2.24, 2.45) is 5.92 Å². The second-order valence-electron chi connectivity index (χ2n) is 5.81. The van der Waals surface area contributed by atoms with Gasteiger partial charge in [0.2, 0.25) is 5.91 Å². The first-order valence-electron chi connectivity index (χ1n) is 7.43. The molecule has 104 valence electrons. The molecule has 1 N–H and O–H groups in total. The van der Waals surface area contributed by atoms with Gasteiger partial charge in [0.25, 0.3) is 0 Å². The number of hydrogen-bond acceptors (Lipinski definition) is 3. The number of piperidine rings is 1. The monoisotopic (exact) mass is 253 g/mol. The fraction of sp³-hybridized carbons (Fsp3) is 0.929. The zero-order valence-corrected chi connectivity index (χ0v) is 11.7. The van der Waals surface area contributed by atoms with Gasteiger partial charge in [-0.3, -0.25) is 9.69 Å². The predicted molar refractivity (Wildman–Crippen MR) is 73.5 cm³/mol. The van der Waals surface area contributed by atoms with Crippen LogP contribution in [0, 0.1) is 5.92 Å². The number of hydrogen-bond donors (Lipinski definition) is 1. The Labute approximate surface area is 111 Å². The molecule has 2 aliphatic rings. The van der Waals surface area contributed by atoms with Crippen LogP contribution in [0.2, 0.25) is 0 Å². The van der Waals surface area contributed by atoms with Crippen molar-refractivity contribution >= 4 is 5.91 Å². The highest BCUT2D eigenvalue weighted by Crippen LogP contribution is 2.16. The molecule has 4 nitrogen and oxygen atoms in total. The molecule has 2 aliphatic heterocycles. The molecule has 18 heavy (non-hydrogen) atoms. The standard InChI is InChI=1S/C14H27N3O/c1-16(11-6-13-4-7-15-8-5-13)12-14(18)17-9-2-3-10-17/h13,15H,2-12H2,1H3. The van der Waals surface area contributed by atoms with E-state index in [0.29, 0.717) is 12.5 Å². The largest absolute Gasteiger partial charge is 0.342 e. The van der Waals surface area contributed by atoms with E-state index >= 15 is 0 Å². The molecule has 2 rings (SSSR count). The van der Waals surface area contributed by atoms with E-state index in [0.717, 1.165) is 25.6 Å². The van der Waals surface area contributed by atoms with Gasteiger partial charge < -0.3 is 10.2 Å². The van der Waals surface area contributed by atoms with E-state index in [2.05, 4.69) is 17.3 Å². The molecule has 2 heterocycles. The van der Waals surface area contributed by atoms with E-state index in [-0.39, 0.29) is 0 Å². The van der Waals surface area contributed by atoms with Gasteiger partial charge in [-0.1, -0.05) is 0 Å². The van der Waals surface area contributed by atoms with Crippen molar-refractivity contribution in [3.05, 3.63) is 0 Å². The average Bonchev–Trinajstić information content (AvgIpc) is 2.91. The zero-order valence-electron chi connectivity index (χ0n) is 11.7. The minimum Gasteiger partial charge on any atom is -0.342 e. The molecular weight excluding hydrogens is 226 g/mol. The maximum absolute atomic E-state index is 12.0. The van der Waals surface area contributed by atoms with Gasteiger partial charge in [0.15, 0.2) is 0 Å². The number of nitrogens with zero attached hydrogens (tertiary/aromatic N) is 2. The molecule has 0 aliphatic carbocycles. The molecule has 0 aromatic rings. The Morgan fingerprint density at radius 2 is 1.94 bits per heavy atom. The number of carbonyl (C=O) groups excluding carboxylic acids is 1. The molecule has 0 aromatic heterocycles. The Morgan fingerprint density at radius 3 is 2.61 bits per heavy atom. The Hall–Kier alpha value is -0.610. The number of nitrogens with one attached hydrogen (secondary N) is 1. The minimum absolute atomic E-state index is 0.320. The Balaban J connectivity index is 1.61.